The molecular weight excluding hydrogens is 232 g/mol. The lowest BCUT2D eigenvalue weighted by atomic mass is 9.78. The monoisotopic (exact) mass is 246 g/mol. The number of carbonyl (C=O) groups is 1. The highest BCUT2D eigenvalue weighted by atomic mass is 16.4. The van der Waals surface area contributed by atoms with Crippen molar-refractivity contribution >= 4 is 11.7 Å². The van der Waals surface area contributed by atoms with Crippen LogP contribution in [0.2, 0.25) is 0 Å². The molecule has 1 atom stereocenters. The average Bonchev–Trinajstić information content (AvgIpc) is 3.19. The highest BCUT2D eigenvalue weighted by Gasteiger charge is 2.57. The van der Waals surface area contributed by atoms with E-state index in [0.717, 1.165) is 24.1 Å². The van der Waals surface area contributed by atoms with Gasteiger partial charge in [-0.3, -0.25) is 4.79 Å². The van der Waals surface area contributed by atoms with Crippen LogP contribution < -0.4 is 5.01 Å². The zero-order chi connectivity index (χ0) is 12.8. The van der Waals surface area contributed by atoms with E-state index in [-0.39, 0.29) is 5.92 Å². The van der Waals surface area contributed by atoms with Crippen molar-refractivity contribution in [3.05, 3.63) is 34.7 Å². The predicted molar refractivity (Wildman–Crippen MR) is 66.2 cm³/mol. The molecular formula is C13H14N2O3. The summed E-state index contributed by atoms with van der Waals surface area (Å²) in [4.78, 5) is 22.2. The van der Waals surface area contributed by atoms with E-state index in [1.54, 1.807) is 0 Å². The fourth-order valence-corrected chi connectivity index (χ4v) is 3.05. The maximum absolute atomic E-state index is 11.4. The maximum atomic E-state index is 11.4. The number of para-hydroxylation sites is 1. The molecule has 1 aromatic rings. The van der Waals surface area contributed by atoms with Crippen molar-refractivity contribution in [1.29, 1.82) is 0 Å². The molecule has 1 aliphatic carbocycles. The lowest BCUT2D eigenvalue weighted by molar-refractivity contribution is -0.144. The molecule has 1 fully saturated rings. The number of aliphatic carboxylic acids is 1. The van der Waals surface area contributed by atoms with Crippen molar-refractivity contribution in [2.24, 2.45) is 10.7 Å². The van der Waals surface area contributed by atoms with Crippen molar-refractivity contribution in [3.8, 4) is 0 Å². The number of benzene rings is 1. The number of carboxylic acids is 1. The van der Waals surface area contributed by atoms with E-state index in [1.165, 1.54) is 5.01 Å². The Morgan fingerprint density at radius 1 is 1.39 bits per heavy atom. The van der Waals surface area contributed by atoms with Gasteiger partial charge in [-0.05, 0) is 30.9 Å². The molecule has 1 aliphatic heterocycles. The zero-order valence-corrected chi connectivity index (χ0v) is 9.87. The van der Waals surface area contributed by atoms with E-state index in [1.807, 2.05) is 24.3 Å². The van der Waals surface area contributed by atoms with E-state index in [0.29, 0.717) is 13.0 Å². The molecule has 1 aromatic carbocycles. The number of nitrogens with zero attached hydrogens (tertiary/aromatic N) is 2. The number of hydrogen-bond acceptors (Lipinski definition) is 3. The minimum atomic E-state index is -0.713. The van der Waals surface area contributed by atoms with Crippen LogP contribution in [0.1, 0.15) is 30.7 Å². The maximum Gasteiger partial charge on any atom is 0.310 e. The van der Waals surface area contributed by atoms with Crippen LogP contribution in [0.4, 0.5) is 5.69 Å². The van der Waals surface area contributed by atoms with Crippen molar-refractivity contribution in [2.75, 3.05) is 11.6 Å². The molecule has 1 heterocycles. The van der Waals surface area contributed by atoms with Gasteiger partial charge in [-0.2, -0.15) is 0 Å². The Hall–Kier alpha value is -1.91. The van der Waals surface area contributed by atoms with Gasteiger partial charge in [0.2, 0.25) is 0 Å². The first kappa shape index (κ1) is 11.2. The molecule has 0 aromatic heterocycles. The van der Waals surface area contributed by atoms with Gasteiger partial charge in [-0.1, -0.05) is 18.2 Å². The third kappa shape index (κ3) is 1.43. The van der Waals surface area contributed by atoms with Gasteiger partial charge in [-0.25, -0.2) is 5.01 Å². The van der Waals surface area contributed by atoms with Crippen molar-refractivity contribution in [3.63, 3.8) is 0 Å². The predicted octanol–water partition coefficient (Wildman–Crippen LogP) is 2.53. The molecule has 5 nitrogen and oxygen atoms in total. The molecule has 1 N–H and O–H groups in total. The second kappa shape index (κ2) is 3.80. The Balaban J connectivity index is 2.05. The second-order valence-corrected chi connectivity index (χ2v) is 5.07. The SMILES string of the molecule is O=NN1CCC(C2(C(=O)O)CC2)c2ccccc21. The number of anilines is 1. The van der Waals surface area contributed by atoms with Crippen molar-refractivity contribution in [1.82, 2.24) is 0 Å². The van der Waals surface area contributed by atoms with E-state index < -0.39 is 11.4 Å². The zero-order valence-electron chi connectivity index (χ0n) is 9.87. The van der Waals surface area contributed by atoms with Gasteiger partial charge in [0.25, 0.3) is 0 Å². The average molecular weight is 246 g/mol. The Kier molecular flexibility index (Phi) is 2.36. The van der Waals surface area contributed by atoms with E-state index in [4.69, 9.17) is 0 Å². The lowest BCUT2D eigenvalue weighted by Gasteiger charge is -2.33. The van der Waals surface area contributed by atoms with Gasteiger partial charge < -0.3 is 5.11 Å². The first-order valence-corrected chi connectivity index (χ1v) is 6.12. The van der Waals surface area contributed by atoms with E-state index >= 15 is 0 Å². The molecule has 2 aliphatic rings. The Morgan fingerprint density at radius 3 is 2.72 bits per heavy atom. The first-order valence-electron chi connectivity index (χ1n) is 6.12. The molecule has 5 heteroatoms. The highest BCUT2D eigenvalue weighted by molar-refractivity contribution is 5.80. The summed E-state index contributed by atoms with van der Waals surface area (Å²) in [7, 11) is 0. The lowest BCUT2D eigenvalue weighted by Crippen LogP contribution is -2.33. The first-order chi connectivity index (χ1) is 8.69. The molecule has 0 bridgehead atoms. The number of fused-ring (bicyclic) bond motifs is 1. The normalized spacial score (nSPS) is 24.2. The molecule has 94 valence electrons. The summed E-state index contributed by atoms with van der Waals surface area (Å²) >= 11 is 0. The number of hydrogen-bond donors (Lipinski definition) is 1. The number of nitroso groups, excluding NO2 is 1. The fraction of sp³-hybridized carbons (Fsp3) is 0.462. The van der Waals surface area contributed by atoms with Crippen molar-refractivity contribution in [2.45, 2.75) is 25.2 Å². The van der Waals surface area contributed by atoms with Gasteiger partial charge in [0.05, 0.1) is 16.4 Å². The number of carboxylic acid groups (broad SMARTS) is 1. The summed E-state index contributed by atoms with van der Waals surface area (Å²) in [6.45, 7) is 0.500. The standard InChI is InChI=1S/C13H14N2O3/c16-12(17)13(6-7-13)10-5-8-15(14-18)11-4-2-1-3-9(10)11/h1-4,10H,5-8H2,(H,16,17). The molecule has 1 unspecified atom stereocenters. The van der Waals surface area contributed by atoms with Gasteiger partial charge in [0.15, 0.2) is 0 Å². The van der Waals surface area contributed by atoms with Crippen LogP contribution in [0.5, 0.6) is 0 Å². The summed E-state index contributed by atoms with van der Waals surface area (Å²) in [6.07, 6.45) is 2.14. The largest absolute Gasteiger partial charge is 0.481 e. The third-order valence-electron chi connectivity index (χ3n) is 4.20. The Bertz CT molecular complexity index is 511. The summed E-state index contributed by atoms with van der Waals surface area (Å²) in [5.74, 6) is -0.709. The van der Waals surface area contributed by atoms with Gasteiger partial charge in [0.1, 0.15) is 0 Å². The van der Waals surface area contributed by atoms with Crippen LogP contribution in [-0.4, -0.2) is 17.6 Å². The Labute approximate surface area is 104 Å². The highest BCUT2D eigenvalue weighted by Crippen LogP contribution is 2.60. The van der Waals surface area contributed by atoms with Crippen molar-refractivity contribution < 1.29 is 9.90 Å². The fourth-order valence-electron chi connectivity index (χ4n) is 3.05. The molecule has 1 saturated carbocycles. The van der Waals surface area contributed by atoms with Crippen LogP contribution in [0.15, 0.2) is 29.6 Å². The van der Waals surface area contributed by atoms with Crippen LogP contribution in [0.25, 0.3) is 0 Å². The Morgan fingerprint density at radius 2 is 2.11 bits per heavy atom. The molecule has 3 rings (SSSR count). The number of rotatable bonds is 3. The van der Waals surface area contributed by atoms with Crippen LogP contribution in [0.3, 0.4) is 0 Å². The molecule has 18 heavy (non-hydrogen) atoms. The van der Waals surface area contributed by atoms with Crippen LogP contribution >= 0.6 is 0 Å². The summed E-state index contributed by atoms with van der Waals surface area (Å²) < 4.78 is 0. The quantitative estimate of drug-likeness (QED) is 0.832. The van der Waals surface area contributed by atoms with Crippen LogP contribution in [-0.2, 0) is 4.79 Å². The van der Waals surface area contributed by atoms with E-state index in [2.05, 4.69) is 5.29 Å². The third-order valence-corrected chi connectivity index (χ3v) is 4.20. The topological polar surface area (TPSA) is 70.0 Å². The summed E-state index contributed by atoms with van der Waals surface area (Å²) in [5.41, 5.74) is 1.10. The summed E-state index contributed by atoms with van der Waals surface area (Å²) in [6, 6.07) is 7.49. The molecule has 0 spiro atoms. The molecule has 0 amide bonds. The summed E-state index contributed by atoms with van der Waals surface area (Å²) in [5, 5.41) is 13.8. The van der Waals surface area contributed by atoms with Crippen LogP contribution in [0, 0.1) is 10.3 Å². The van der Waals surface area contributed by atoms with Gasteiger partial charge in [0, 0.05) is 12.5 Å². The van der Waals surface area contributed by atoms with E-state index in [9.17, 15) is 14.8 Å². The minimum absolute atomic E-state index is 0.00389. The minimum Gasteiger partial charge on any atom is -0.481 e. The van der Waals surface area contributed by atoms with Gasteiger partial charge >= 0.3 is 5.97 Å². The van der Waals surface area contributed by atoms with Gasteiger partial charge in [-0.15, -0.1) is 4.91 Å². The second-order valence-electron chi connectivity index (χ2n) is 5.07. The molecule has 0 saturated heterocycles. The smallest absolute Gasteiger partial charge is 0.310 e. The molecule has 0 radical (unpaired) electrons.